The Morgan fingerprint density at radius 1 is 1.53 bits per heavy atom. The molecule has 0 N–H and O–H groups in total. The van der Waals surface area contributed by atoms with Crippen LogP contribution in [0.1, 0.15) is 29.0 Å². The van der Waals surface area contributed by atoms with Gasteiger partial charge in [0.25, 0.3) is 0 Å². The van der Waals surface area contributed by atoms with Crippen molar-refractivity contribution < 1.29 is 4.74 Å². The first-order valence-corrected chi connectivity index (χ1v) is 5.47. The minimum absolute atomic E-state index is 0.142. The highest BCUT2D eigenvalue weighted by molar-refractivity contribution is 6.32. The van der Waals surface area contributed by atoms with Gasteiger partial charge < -0.3 is 4.74 Å². The van der Waals surface area contributed by atoms with Crippen LogP contribution in [0.3, 0.4) is 0 Å². The second kappa shape index (κ2) is 4.91. The molecule has 0 aromatic heterocycles. The summed E-state index contributed by atoms with van der Waals surface area (Å²) in [5.74, 6) is 0.759. The molecule has 1 aromatic carbocycles. The van der Waals surface area contributed by atoms with E-state index in [2.05, 4.69) is 6.58 Å². The molecule has 0 spiro atoms. The van der Waals surface area contributed by atoms with Crippen LogP contribution in [0.5, 0.6) is 5.75 Å². The Morgan fingerprint density at radius 2 is 2.13 bits per heavy atom. The van der Waals surface area contributed by atoms with Crippen LogP contribution in [-0.4, -0.2) is 7.11 Å². The first kappa shape index (κ1) is 12.4. The molecule has 0 heterocycles. The molecular weight excluding hydrogens is 231 g/mol. The fourth-order valence-corrected chi connectivity index (χ4v) is 1.92. The van der Waals surface area contributed by atoms with Crippen molar-refractivity contribution in [3.8, 4) is 5.75 Å². The predicted octanol–water partition coefficient (Wildman–Crippen LogP) is 4.60. The van der Waals surface area contributed by atoms with Crippen LogP contribution >= 0.6 is 23.2 Å². The van der Waals surface area contributed by atoms with Crippen molar-refractivity contribution in [2.45, 2.75) is 19.2 Å². The SMILES string of the molecule is C=Cc1c(C)c(Cl)cc(C(C)Cl)c1OC. The zero-order valence-corrected chi connectivity index (χ0v) is 10.6. The van der Waals surface area contributed by atoms with Crippen LogP contribution in [0, 0.1) is 6.92 Å². The predicted molar refractivity (Wildman–Crippen MR) is 67.1 cm³/mol. The minimum atomic E-state index is -0.142. The molecular formula is C12H14Cl2O. The Hall–Kier alpha value is -0.660. The molecule has 0 aliphatic heterocycles. The van der Waals surface area contributed by atoms with Crippen LogP contribution in [0.15, 0.2) is 12.6 Å². The molecule has 0 saturated heterocycles. The first-order valence-electron chi connectivity index (χ1n) is 4.66. The van der Waals surface area contributed by atoms with Gasteiger partial charge in [0.05, 0.1) is 12.5 Å². The zero-order valence-electron chi connectivity index (χ0n) is 9.10. The zero-order chi connectivity index (χ0) is 11.6. The normalized spacial score (nSPS) is 12.3. The Bertz CT molecular complexity index is 384. The molecule has 0 amide bonds. The average Bonchev–Trinajstić information content (AvgIpc) is 2.20. The molecule has 1 aromatic rings. The fraction of sp³-hybridized carbons (Fsp3) is 0.333. The number of ether oxygens (including phenoxy) is 1. The van der Waals surface area contributed by atoms with Crippen LogP contribution in [0.4, 0.5) is 0 Å². The maximum Gasteiger partial charge on any atom is 0.131 e. The van der Waals surface area contributed by atoms with E-state index < -0.39 is 0 Å². The summed E-state index contributed by atoms with van der Waals surface area (Å²) in [7, 11) is 1.62. The van der Waals surface area contributed by atoms with Crippen molar-refractivity contribution in [3.63, 3.8) is 0 Å². The van der Waals surface area contributed by atoms with Gasteiger partial charge in [0, 0.05) is 16.1 Å². The number of hydrogen-bond acceptors (Lipinski definition) is 1. The summed E-state index contributed by atoms with van der Waals surface area (Å²) >= 11 is 12.2. The van der Waals surface area contributed by atoms with Gasteiger partial charge >= 0.3 is 0 Å². The van der Waals surface area contributed by atoms with Gasteiger partial charge in [-0.25, -0.2) is 0 Å². The van der Waals surface area contributed by atoms with E-state index in [-0.39, 0.29) is 5.38 Å². The molecule has 1 nitrogen and oxygen atoms in total. The highest BCUT2D eigenvalue weighted by atomic mass is 35.5. The van der Waals surface area contributed by atoms with Gasteiger partial charge in [-0.05, 0) is 25.5 Å². The number of hydrogen-bond donors (Lipinski definition) is 0. The van der Waals surface area contributed by atoms with E-state index in [9.17, 15) is 0 Å². The van der Waals surface area contributed by atoms with Crippen LogP contribution in [-0.2, 0) is 0 Å². The molecule has 15 heavy (non-hydrogen) atoms. The lowest BCUT2D eigenvalue weighted by Gasteiger charge is -2.16. The van der Waals surface area contributed by atoms with E-state index in [4.69, 9.17) is 27.9 Å². The minimum Gasteiger partial charge on any atom is -0.496 e. The molecule has 1 unspecified atom stereocenters. The van der Waals surface area contributed by atoms with E-state index in [1.165, 1.54) is 0 Å². The van der Waals surface area contributed by atoms with Gasteiger partial charge in [0.1, 0.15) is 5.75 Å². The first-order chi connectivity index (χ1) is 7.02. The second-order valence-electron chi connectivity index (χ2n) is 3.34. The molecule has 0 fully saturated rings. The van der Waals surface area contributed by atoms with Crippen molar-refractivity contribution in [3.05, 3.63) is 34.4 Å². The quantitative estimate of drug-likeness (QED) is 0.707. The maximum absolute atomic E-state index is 6.11. The summed E-state index contributed by atoms with van der Waals surface area (Å²) in [6.07, 6.45) is 1.74. The number of rotatable bonds is 3. The Labute approximate surface area is 101 Å². The number of benzene rings is 1. The molecule has 3 heteroatoms. The number of alkyl halides is 1. The van der Waals surface area contributed by atoms with Crippen LogP contribution in [0.2, 0.25) is 5.02 Å². The molecule has 1 rings (SSSR count). The lowest BCUT2D eigenvalue weighted by Crippen LogP contribution is -1.98. The second-order valence-corrected chi connectivity index (χ2v) is 4.40. The Balaban J connectivity index is 3.54. The van der Waals surface area contributed by atoms with Gasteiger partial charge in [-0.2, -0.15) is 0 Å². The molecule has 0 saturated carbocycles. The van der Waals surface area contributed by atoms with Crippen molar-refractivity contribution in [1.29, 1.82) is 0 Å². The van der Waals surface area contributed by atoms with Crippen LogP contribution < -0.4 is 4.74 Å². The van der Waals surface area contributed by atoms with Gasteiger partial charge in [-0.15, -0.1) is 11.6 Å². The summed E-state index contributed by atoms with van der Waals surface area (Å²) in [5.41, 5.74) is 2.77. The fourth-order valence-electron chi connectivity index (χ4n) is 1.53. The van der Waals surface area contributed by atoms with Crippen molar-refractivity contribution >= 4 is 29.3 Å². The van der Waals surface area contributed by atoms with E-state index in [0.29, 0.717) is 5.02 Å². The molecule has 0 aliphatic carbocycles. The highest BCUT2D eigenvalue weighted by Gasteiger charge is 2.16. The lowest BCUT2D eigenvalue weighted by atomic mass is 10.0. The lowest BCUT2D eigenvalue weighted by molar-refractivity contribution is 0.408. The van der Waals surface area contributed by atoms with Gasteiger partial charge in [0.2, 0.25) is 0 Å². The van der Waals surface area contributed by atoms with Crippen molar-refractivity contribution in [2.75, 3.05) is 7.11 Å². The van der Waals surface area contributed by atoms with E-state index in [1.807, 2.05) is 19.9 Å². The van der Waals surface area contributed by atoms with E-state index in [0.717, 1.165) is 22.4 Å². The molecule has 0 bridgehead atoms. The number of halogens is 2. The summed E-state index contributed by atoms with van der Waals surface area (Å²) < 4.78 is 5.35. The summed E-state index contributed by atoms with van der Waals surface area (Å²) in [6.45, 7) is 7.58. The molecule has 0 radical (unpaired) electrons. The van der Waals surface area contributed by atoms with Crippen molar-refractivity contribution in [1.82, 2.24) is 0 Å². The standard InChI is InChI=1S/C12H14Cl2O/c1-5-9-7(2)11(14)6-10(8(3)13)12(9)15-4/h5-6,8H,1H2,2-4H3. The van der Waals surface area contributed by atoms with Gasteiger partial charge in [-0.3, -0.25) is 0 Å². The third-order valence-electron chi connectivity index (χ3n) is 2.39. The van der Waals surface area contributed by atoms with Gasteiger partial charge in [-0.1, -0.05) is 24.3 Å². The smallest absolute Gasteiger partial charge is 0.131 e. The maximum atomic E-state index is 6.11. The summed E-state index contributed by atoms with van der Waals surface area (Å²) in [5, 5.41) is 0.546. The Morgan fingerprint density at radius 3 is 2.53 bits per heavy atom. The average molecular weight is 245 g/mol. The number of methoxy groups -OCH3 is 1. The monoisotopic (exact) mass is 244 g/mol. The largest absolute Gasteiger partial charge is 0.496 e. The van der Waals surface area contributed by atoms with Gasteiger partial charge in [0.15, 0.2) is 0 Å². The summed E-state index contributed by atoms with van der Waals surface area (Å²) in [4.78, 5) is 0. The van der Waals surface area contributed by atoms with Crippen LogP contribution in [0.25, 0.3) is 6.08 Å². The van der Waals surface area contributed by atoms with E-state index >= 15 is 0 Å². The molecule has 1 atom stereocenters. The van der Waals surface area contributed by atoms with Crippen molar-refractivity contribution in [2.24, 2.45) is 0 Å². The third kappa shape index (κ3) is 2.30. The topological polar surface area (TPSA) is 9.23 Å². The molecule has 0 aliphatic rings. The summed E-state index contributed by atoms with van der Waals surface area (Å²) in [6, 6.07) is 1.85. The Kier molecular flexibility index (Phi) is 4.06. The molecule has 82 valence electrons. The highest BCUT2D eigenvalue weighted by Crippen LogP contribution is 2.38. The third-order valence-corrected chi connectivity index (χ3v) is 3.02. The van der Waals surface area contributed by atoms with E-state index in [1.54, 1.807) is 13.2 Å².